The van der Waals surface area contributed by atoms with Crippen LogP contribution in [0.15, 0.2) is 24.3 Å². The van der Waals surface area contributed by atoms with Gasteiger partial charge in [-0.1, -0.05) is 32.0 Å². The molecule has 1 aromatic carbocycles. The van der Waals surface area contributed by atoms with E-state index < -0.39 is 27.5 Å². The first-order valence-electron chi connectivity index (χ1n) is 7.29. The second-order valence-electron chi connectivity index (χ2n) is 5.97. The Morgan fingerprint density at radius 1 is 1.26 bits per heavy atom. The molecule has 0 saturated carbocycles. The van der Waals surface area contributed by atoms with Crippen LogP contribution >= 0.6 is 0 Å². The highest BCUT2D eigenvalue weighted by Gasteiger charge is 2.31. The number of halogens is 3. The van der Waals surface area contributed by atoms with Crippen LogP contribution in [0.3, 0.4) is 0 Å². The first-order valence-corrected chi connectivity index (χ1v) is 8.90. The van der Waals surface area contributed by atoms with Crippen LogP contribution < -0.4 is 5.73 Å². The van der Waals surface area contributed by atoms with Crippen LogP contribution in [0.25, 0.3) is 0 Å². The molecule has 0 saturated heterocycles. The van der Waals surface area contributed by atoms with E-state index in [1.807, 2.05) is 13.8 Å². The van der Waals surface area contributed by atoms with Gasteiger partial charge in [-0.3, -0.25) is 0 Å². The molecule has 0 aliphatic carbocycles. The van der Waals surface area contributed by atoms with Crippen molar-refractivity contribution in [3.05, 3.63) is 35.4 Å². The van der Waals surface area contributed by atoms with Gasteiger partial charge in [-0.2, -0.15) is 13.2 Å². The van der Waals surface area contributed by atoms with Gasteiger partial charge in [0.2, 0.25) is 10.0 Å². The highest BCUT2D eigenvalue weighted by atomic mass is 32.2. The molecule has 0 bridgehead atoms. The lowest BCUT2D eigenvalue weighted by Crippen LogP contribution is -2.35. The van der Waals surface area contributed by atoms with Crippen molar-refractivity contribution in [2.75, 3.05) is 13.6 Å². The summed E-state index contributed by atoms with van der Waals surface area (Å²) in [5.74, 6) is -0.237. The van der Waals surface area contributed by atoms with E-state index in [4.69, 9.17) is 5.73 Å². The molecule has 0 heterocycles. The summed E-state index contributed by atoms with van der Waals surface area (Å²) in [6, 6.07) is 4.25. The molecule has 1 unspecified atom stereocenters. The van der Waals surface area contributed by atoms with Gasteiger partial charge >= 0.3 is 6.18 Å². The first kappa shape index (κ1) is 19.9. The normalized spacial score (nSPS) is 14.5. The SMILES string of the molecule is CC(C)C(N)CCN(C)S(=O)(=O)Cc1cccc(C(F)(F)F)c1. The number of hydrogen-bond acceptors (Lipinski definition) is 3. The number of sulfonamides is 1. The van der Waals surface area contributed by atoms with E-state index in [0.29, 0.717) is 6.42 Å². The molecule has 23 heavy (non-hydrogen) atoms. The van der Waals surface area contributed by atoms with Gasteiger partial charge in [0.25, 0.3) is 0 Å². The lowest BCUT2D eigenvalue weighted by Gasteiger charge is -2.21. The predicted molar refractivity (Wildman–Crippen MR) is 84.1 cm³/mol. The number of nitrogens with zero attached hydrogens (tertiary/aromatic N) is 1. The number of alkyl halides is 3. The van der Waals surface area contributed by atoms with Crippen molar-refractivity contribution in [1.82, 2.24) is 4.31 Å². The zero-order chi connectivity index (χ0) is 17.8. The molecule has 8 heteroatoms. The third-order valence-corrected chi connectivity index (χ3v) is 5.54. The van der Waals surface area contributed by atoms with E-state index in [9.17, 15) is 21.6 Å². The Balaban J connectivity index is 2.78. The van der Waals surface area contributed by atoms with E-state index in [-0.39, 0.29) is 24.1 Å². The van der Waals surface area contributed by atoms with Gasteiger partial charge < -0.3 is 5.73 Å². The Labute approximate surface area is 135 Å². The molecule has 0 radical (unpaired) electrons. The molecule has 0 spiro atoms. The van der Waals surface area contributed by atoms with Crippen molar-refractivity contribution >= 4 is 10.0 Å². The van der Waals surface area contributed by atoms with Crippen LogP contribution in [0, 0.1) is 5.92 Å². The van der Waals surface area contributed by atoms with Crippen molar-refractivity contribution in [3.8, 4) is 0 Å². The molecule has 0 aliphatic heterocycles. The third kappa shape index (κ3) is 6.12. The molecule has 0 amide bonds. The van der Waals surface area contributed by atoms with Crippen LogP contribution in [0.2, 0.25) is 0 Å². The molecule has 0 fully saturated rings. The van der Waals surface area contributed by atoms with Gasteiger partial charge in [0.1, 0.15) is 0 Å². The summed E-state index contributed by atoms with van der Waals surface area (Å²) in [5, 5.41) is 0. The summed E-state index contributed by atoms with van der Waals surface area (Å²) in [6.45, 7) is 4.13. The first-order chi connectivity index (χ1) is 10.4. The molecule has 132 valence electrons. The minimum absolute atomic E-state index is 0.111. The molecular formula is C15H23F3N2O2S. The van der Waals surface area contributed by atoms with Crippen molar-refractivity contribution in [1.29, 1.82) is 0 Å². The van der Waals surface area contributed by atoms with E-state index >= 15 is 0 Å². The minimum Gasteiger partial charge on any atom is -0.327 e. The van der Waals surface area contributed by atoms with Crippen LogP contribution in [0.5, 0.6) is 0 Å². The van der Waals surface area contributed by atoms with Crippen LogP contribution in [-0.4, -0.2) is 32.4 Å². The van der Waals surface area contributed by atoms with Gasteiger partial charge in [0.15, 0.2) is 0 Å². The maximum atomic E-state index is 12.7. The van der Waals surface area contributed by atoms with Gasteiger partial charge in [-0.25, -0.2) is 12.7 Å². The maximum Gasteiger partial charge on any atom is 0.416 e. The van der Waals surface area contributed by atoms with Crippen LogP contribution in [0.1, 0.15) is 31.4 Å². The number of rotatable bonds is 7. The molecule has 4 nitrogen and oxygen atoms in total. The van der Waals surface area contributed by atoms with Gasteiger partial charge in [-0.15, -0.1) is 0 Å². The van der Waals surface area contributed by atoms with Gasteiger partial charge in [0.05, 0.1) is 11.3 Å². The monoisotopic (exact) mass is 352 g/mol. The molecular weight excluding hydrogens is 329 g/mol. The summed E-state index contributed by atoms with van der Waals surface area (Å²) in [6.07, 6.45) is -3.99. The van der Waals surface area contributed by atoms with Crippen molar-refractivity contribution in [2.24, 2.45) is 11.7 Å². The lowest BCUT2D eigenvalue weighted by molar-refractivity contribution is -0.137. The zero-order valence-electron chi connectivity index (χ0n) is 13.5. The Morgan fingerprint density at radius 3 is 2.39 bits per heavy atom. The lowest BCUT2D eigenvalue weighted by atomic mass is 10.0. The highest BCUT2D eigenvalue weighted by molar-refractivity contribution is 7.88. The summed E-state index contributed by atoms with van der Waals surface area (Å²) in [4.78, 5) is 0. The minimum atomic E-state index is -4.49. The van der Waals surface area contributed by atoms with E-state index in [2.05, 4.69) is 0 Å². The largest absolute Gasteiger partial charge is 0.416 e. The van der Waals surface area contributed by atoms with E-state index in [1.54, 1.807) is 0 Å². The van der Waals surface area contributed by atoms with Crippen LogP contribution in [-0.2, 0) is 22.0 Å². The summed E-state index contributed by atoms with van der Waals surface area (Å²) in [5.41, 5.74) is 5.14. The Kier molecular flexibility index (Phi) is 6.61. The summed E-state index contributed by atoms with van der Waals surface area (Å²) >= 11 is 0. The average Bonchev–Trinajstić information content (AvgIpc) is 2.43. The maximum absolute atomic E-state index is 12.7. The van der Waals surface area contributed by atoms with Crippen molar-refractivity contribution in [3.63, 3.8) is 0 Å². The Hall–Kier alpha value is -1.12. The molecule has 1 rings (SSSR count). The van der Waals surface area contributed by atoms with Crippen molar-refractivity contribution < 1.29 is 21.6 Å². The predicted octanol–water partition coefficient (Wildman–Crippen LogP) is 2.84. The fourth-order valence-electron chi connectivity index (χ4n) is 1.96. The van der Waals surface area contributed by atoms with E-state index in [1.165, 1.54) is 19.2 Å². The molecule has 0 aromatic heterocycles. The fourth-order valence-corrected chi connectivity index (χ4v) is 3.17. The average molecular weight is 352 g/mol. The summed E-state index contributed by atoms with van der Waals surface area (Å²) < 4.78 is 63.7. The second-order valence-corrected chi connectivity index (χ2v) is 8.05. The number of nitrogens with two attached hydrogens (primary N) is 1. The standard InChI is InChI=1S/C15H23F3N2O2S/c1-11(2)14(19)7-8-20(3)23(21,22)10-12-5-4-6-13(9-12)15(16,17)18/h4-6,9,11,14H,7-8,10,19H2,1-3H3. The number of hydrogen-bond donors (Lipinski definition) is 1. The topological polar surface area (TPSA) is 63.4 Å². The number of benzene rings is 1. The van der Waals surface area contributed by atoms with Gasteiger partial charge in [0, 0.05) is 19.6 Å². The summed E-state index contributed by atoms with van der Waals surface area (Å²) in [7, 11) is -2.27. The van der Waals surface area contributed by atoms with Crippen molar-refractivity contribution in [2.45, 2.75) is 38.2 Å². The molecule has 2 N–H and O–H groups in total. The van der Waals surface area contributed by atoms with E-state index in [0.717, 1.165) is 16.4 Å². The molecule has 1 atom stereocenters. The smallest absolute Gasteiger partial charge is 0.327 e. The second kappa shape index (κ2) is 7.63. The molecule has 1 aromatic rings. The van der Waals surface area contributed by atoms with Crippen LogP contribution in [0.4, 0.5) is 13.2 Å². The Bertz CT molecular complexity index is 615. The molecule has 0 aliphatic rings. The highest BCUT2D eigenvalue weighted by Crippen LogP contribution is 2.30. The van der Waals surface area contributed by atoms with Gasteiger partial charge in [-0.05, 0) is 24.0 Å². The quantitative estimate of drug-likeness (QED) is 0.821. The Morgan fingerprint density at radius 2 is 1.87 bits per heavy atom. The fraction of sp³-hybridized carbons (Fsp3) is 0.600. The zero-order valence-corrected chi connectivity index (χ0v) is 14.3. The third-order valence-electron chi connectivity index (χ3n) is 3.71.